The van der Waals surface area contributed by atoms with Gasteiger partial charge in [-0.2, -0.15) is 0 Å². The van der Waals surface area contributed by atoms with Crippen LogP contribution in [0.3, 0.4) is 0 Å². The molecule has 0 spiro atoms. The van der Waals surface area contributed by atoms with Gasteiger partial charge in [0.15, 0.2) is 22.5 Å². The Labute approximate surface area is 169 Å². The highest BCUT2D eigenvalue weighted by atomic mass is 31.2. The minimum atomic E-state index is -3.44. The molecule has 3 rings (SSSR count). The van der Waals surface area contributed by atoms with Gasteiger partial charge in [0, 0.05) is 18.2 Å². The fourth-order valence-electron chi connectivity index (χ4n) is 3.12. The SMILES string of the molecule is CCCCCCCP(=O)(OCC)Oc1cc(=O)cc2oc3cc(O)ccc3nc1-2. The van der Waals surface area contributed by atoms with Gasteiger partial charge in [-0.1, -0.05) is 32.6 Å². The van der Waals surface area contributed by atoms with Crippen molar-refractivity contribution in [3.8, 4) is 23.0 Å². The van der Waals surface area contributed by atoms with E-state index < -0.39 is 7.60 Å². The molecule has 1 aromatic carbocycles. The Morgan fingerprint density at radius 1 is 1.10 bits per heavy atom. The number of benzene rings is 2. The lowest BCUT2D eigenvalue weighted by Crippen LogP contribution is -2.08. The highest BCUT2D eigenvalue weighted by molar-refractivity contribution is 7.54. The molecular weight excluding hydrogens is 393 g/mol. The molecule has 0 bridgehead atoms. The molecule has 0 amide bonds. The summed E-state index contributed by atoms with van der Waals surface area (Å²) in [5.41, 5.74) is 0.736. The van der Waals surface area contributed by atoms with Gasteiger partial charge in [-0.05, 0) is 25.5 Å². The summed E-state index contributed by atoms with van der Waals surface area (Å²) < 4.78 is 30.2. The van der Waals surface area contributed by atoms with Crippen molar-refractivity contribution >= 4 is 18.7 Å². The molecule has 1 aliphatic heterocycles. The van der Waals surface area contributed by atoms with Crippen molar-refractivity contribution in [3.63, 3.8) is 0 Å². The third kappa shape index (κ3) is 5.37. The zero-order valence-electron chi connectivity index (χ0n) is 16.7. The standard InChI is InChI=1S/C21H26NO6P/c1-3-5-6-7-8-11-29(25,26-4-2)28-20-14-16(24)13-19-21(20)22-17-10-9-15(23)12-18(17)27-19/h9-10,12-14,23H,3-8,11H2,1-2H3. The molecule has 0 saturated carbocycles. The highest BCUT2D eigenvalue weighted by Crippen LogP contribution is 2.51. The first-order valence-corrected chi connectivity index (χ1v) is 11.7. The molecule has 8 heteroatoms. The summed E-state index contributed by atoms with van der Waals surface area (Å²) in [6.45, 7) is 4.13. The van der Waals surface area contributed by atoms with Crippen LogP contribution < -0.4 is 9.95 Å². The molecule has 1 atom stereocenters. The Hall–Kier alpha value is -2.37. The zero-order valence-corrected chi connectivity index (χ0v) is 17.6. The summed E-state index contributed by atoms with van der Waals surface area (Å²) in [5.74, 6) is 0.300. The fraction of sp³-hybridized carbons (Fsp3) is 0.429. The van der Waals surface area contributed by atoms with Gasteiger partial charge in [0.05, 0.1) is 12.8 Å². The van der Waals surface area contributed by atoms with E-state index in [9.17, 15) is 14.5 Å². The summed E-state index contributed by atoms with van der Waals surface area (Å²) in [7, 11) is -3.44. The monoisotopic (exact) mass is 419 g/mol. The van der Waals surface area contributed by atoms with Crippen molar-refractivity contribution in [1.82, 2.24) is 4.98 Å². The van der Waals surface area contributed by atoms with Crippen LogP contribution in [-0.4, -0.2) is 22.9 Å². The first kappa shape index (κ1) is 21.3. The third-order valence-corrected chi connectivity index (χ3v) is 6.50. The van der Waals surface area contributed by atoms with E-state index in [0.717, 1.165) is 25.7 Å². The van der Waals surface area contributed by atoms with Crippen LogP contribution in [0.25, 0.3) is 22.6 Å². The molecule has 1 aliphatic carbocycles. The summed E-state index contributed by atoms with van der Waals surface area (Å²) in [6.07, 6.45) is 5.26. The van der Waals surface area contributed by atoms with E-state index in [4.69, 9.17) is 13.5 Å². The van der Waals surface area contributed by atoms with Crippen LogP contribution in [0.15, 0.2) is 39.5 Å². The number of hydrogen-bond donors (Lipinski definition) is 1. The van der Waals surface area contributed by atoms with Gasteiger partial charge >= 0.3 is 7.60 Å². The Bertz CT molecular complexity index is 1050. The molecule has 0 fully saturated rings. The van der Waals surface area contributed by atoms with Crippen LogP contribution in [0.2, 0.25) is 0 Å². The van der Waals surface area contributed by atoms with Crippen LogP contribution >= 0.6 is 7.60 Å². The molecule has 1 aromatic rings. The topological polar surface area (TPSA) is 98.9 Å². The van der Waals surface area contributed by atoms with E-state index in [1.165, 1.54) is 24.3 Å². The second kappa shape index (κ2) is 9.42. The van der Waals surface area contributed by atoms with E-state index in [0.29, 0.717) is 17.5 Å². The highest BCUT2D eigenvalue weighted by Gasteiger charge is 2.28. The lowest BCUT2D eigenvalue weighted by Gasteiger charge is -2.20. The van der Waals surface area contributed by atoms with Crippen molar-refractivity contribution in [2.24, 2.45) is 0 Å². The van der Waals surface area contributed by atoms with Gasteiger partial charge in [0.1, 0.15) is 17.0 Å². The molecule has 0 saturated heterocycles. The Morgan fingerprint density at radius 2 is 1.90 bits per heavy atom. The minimum absolute atomic E-state index is 0.0288. The molecule has 7 nitrogen and oxygen atoms in total. The van der Waals surface area contributed by atoms with Crippen LogP contribution in [0.5, 0.6) is 11.5 Å². The molecule has 1 N–H and O–H groups in total. The van der Waals surface area contributed by atoms with E-state index in [-0.39, 0.29) is 41.2 Å². The maximum Gasteiger partial charge on any atom is 0.379 e. The molecule has 2 aliphatic rings. The maximum atomic E-state index is 13.2. The van der Waals surface area contributed by atoms with E-state index in [1.54, 1.807) is 13.0 Å². The fourth-order valence-corrected chi connectivity index (χ4v) is 4.84. The first-order valence-electron chi connectivity index (χ1n) is 9.95. The van der Waals surface area contributed by atoms with Crippen molar-refractivity contribution in [3.05, 3.63) is 40.6 Å². The van der Waals surface area contributed by atoms with Gasteiger partial charge in [-0.15, -0.1) is 0 Å². The zero-order chi connectivity index (χ0) is 20.9. The van der Waals surface area contributed by atoms with Gasteiger partial charge in [0.25, 0.3) is 0 Å². The van der Waals surface area contributed by atoms with Crippen molar-refractivity contribution < 1.29 is 23.1 Å². The molecule has 0 aromatic heterocycles. The minimum Gasteiger partial charge on any atom is -0.508 e. The largest absolute Gasteiger partial charge is 0.508 e. The number of hydrogen-bond acceptors (Lipinski definition) is 7. The normalized spacial score (nSPS) is 13.6. The van der Waals surface area contributed by atoms with Gasteiger partial charge < -0.3 is 18.6 Å². The van der Waals surface area contributed by atoms with Gasteiger partial charge in [-0.25, -0.2) is 9.55 Å². The molecular formula is C21H26NO6P. The average molecular weight is 419 g/mol. The molecule has 1 unspecified atom stereocenters. The number of fused-ring (bicyclic) bond motifs is 2. The molecule has 0 radical (unpaired) electrons. The Kier molecular flexibility index (Phi) is 6.93. The Morgan fingerprint density at radius 3 is 2.66 bits per heavy atom. The number of phenolic OH excluding ortho intramolecular Hbond substituents is 1. The van der Waals surface area contributed by atoms with Gasteiger partial charge in [0.2, 0.25) is 0 Å². The number of rotatable bonds is 10. The number of phenols is 1. The average Bonchev–Trinajstić information content (AvgIpc) is 2.66. The summed E-state index contributed by atoms with van der Waals surface area (Å²) in [4.78, 5) is 16.6. The van der Waals surface area contributed by atoms with Crippen molar-refractivity contribution in [2.45, 2.75) is 46.0 Å². The predicted octanol–water partition coefficient (Wildman–Crippen LogP) is 5.58. The van der Waals surface area contributed by atoms with Gasteiger partial charge in [-0.3, -0.25) is 4.79 Å². The number of nitrogens with zero attached hydrogens (tertiary/aromatic N) is 1. The van der Waals surface area contributed by atoms with Crippen LogP contribution in [0.1, 0.15) is 46.0 Å². The third-order valence-electron chi connectivity index (χ3n) is 4.51. The van der Waals surface area contributed by atoms with E-state index in [2.05, 4.69) is 11.9 Å². The predicted molar refractivity (Wildman–Crippen MR) is 112 cm³/mol. The number of unbranched alkanes of at least 4 members (excludes halogenated alkanes) is 4. The van der Waals surface area contributed by atoms with E-state index >= 15 is 0 Å². The van der Waals surface area contributed by atoms with E-state index in [1.807, 2.05) is 0 Å². The summed E-state index contributed by atoms with van der Waals surface area (Å²) >= 11 is 0. The molecule has 1 heterocycles. The lowest BCUT2D eigenvalue weighted by molar-refractivity contribution is 0.278. The smallest absolute Gasteiger partial charge is 0.379 e. The number of aromatic hydroxyl groups is 1. The number of aromatic nitrogens is 1. The quantitative estimate of drug-likeness (QED) is 0.260. The van der Waals surface area contributed by atoms with Crippen molar-refractivity contribution in [1.29, 1.82) is 0 Å². The van der Waals surface area contributed by atoms with Crippen LogP contribution in [0, 0.1) is 0 Å². The second-order valence-corrected chi connectivity index (χ2v) is 9.00. The maximum absolute atomic E-state index is 13.2. The molecule has 156 valence electrons. The van der Waals surface area contributed by atoms with Crippen LogP contribution in [-0.2, 0) is 9.09 Å². The Balaban J connectivity index is 1.93. The van der Waals surface area contributed by atoms with Crippen LogP contribution in [0.4, 0.5) is 0 Å². The first-order chi connectivity index (χ1) is 13.9. The lowest BCUT2D eigenvalue weighted by atomic mass is 10.2. The summed E-state index contributed by atoms with van der Waals surface area (Å²) in [6, 6.07) is 7.04. The summed E-state index contributed by atoms with van der Waals surface area (Å²) in [5, 5.41) is 9.63. The molecule has 29 heavy (non-hydrogen) atoms. The van der Waals surface area contributed by atoms with Crippen molar-refractivity contribution in [2.75, 3.05) is 12.8 Å². The second-order valence-electron chi connectivity index (χ2n) is 6.89.